The number of esters is 2. The van der Waals surface area contributed by atoms with E-state index in [4.69, 9.17) is 18.5 Å². The molecule has 9 nitrogen and oxygen atoms in total. The zero-order chi connectivity index (χ0) is 64.1. The second kappa shape index (κ2) is 69.8. The van der Waals surface area contributed by atoms with Gasteiger partial charge < -0.3 is 27.9 Å². The smallest absolute Gasteiger partial charge is 0.306 e. The van der Waals surface area contributed by atoms with Gasteiger partial charge in [-0.05, 0) is 44.9 Å². The lowest BCUT2D eigenvalue weighted by Gasteiger charge is -2.28. The molecule has 10 heteroatoms. The van der Waals surface area contributed by atoms with Gasteiger partial charge in [0.1, 0.15) is 19.8 Å². The van der Waals surface area contributed by atoms with E-state index in [0.717, 1.165) is 38.5 Å². The fraction of sp³-hybridized carbons (Fsp3) is 0.923. The van der Waals surface area contributed by atoms with Gasteiger partial charge in [0.25, 0.3) is 7.82 Å². The number of carbonyl (C=O) groups excluding carboxylic acids is 2. The first-order valence-electron chi connectivity index (χ1n) is 39.0. The number of hydrogen-bond donors (Lipinski definition) is 0. The Hall–Kier alpha value is -1.51. The van der Waals surface area contributed by atoms with E-state index < -0.39 is 26.5 Å². The summed E-state index contributed by atoms with van der Waals surface area (Å²) in [4.78, 5) is 38.1. The van der Waals surface area contributed by atoms with Gasteiger partial charge in [0.2, 0.25) is 0 Å². The topological polar surface area (TPSA) is 111 Å². The van der Waals surface area contributed by atoms with Crippen LogP contribution in [0.4, 0.5) is 0 Å². The van der Waals surface area contributed by atoms with Gasteiger partial charge in [0.05, 0.1) is 27.7 Å². The van der Waals surface area contributed by atoms with Crippen LogP contribution in [-0.2, 0) is 32.7 Å². The number of phosphoric acid groups is 1. The molecule has 0 saturated carbocycles. The molecule has 0 aromatic rings. The summed E-state index contributed by atoms with van der Waals surface area (Å²) in [6.07, 6.45) is 88.8. The monoisotopic (exact) mass is 1260 g/mol. The summed E-state index contributed by atoms with van der Waals surface area (Å²) in [6.45, 7) is 4.32. The second-order valence-corrected chi connectivity index (χ2v) is 29.5. The molecular formula is C78H152NO8P. The molecule has 522 valence electrons. The van der Waals surface area contributed by atoms with Crippen LogP contribution in [0.5, 0.6) is 0 Å². The third kappa shape index (κ3) is 73.5. The Labute approximate surface area is 549 Å². The number of quaternary nitrogens is 1. The maximum Gasteiger partial charge on any atom is 0.306 e. The Bertz CT molecular complexity index is 1530. The first kappa shape index (κ1) is 86.5. The molecule has 0 spiro atoms. The number of ether oxygens (including phenoxy) is 2. The standard InChI is InChI=1S/C78H152NO8P/c1-6-8-10-12-14-16-18-20-22-24-26-28-30-31-32-33-34-35-36-37-38-39-40-41-42-43-44-45-46-47-49-51-53-55-57-59-61-63-65-67-69-71-78(81)87-76(75-86-88(82,83)85-73-72-79(3,4)5)74-84-77(80)70-68-66-64-62-60-58-56-54-52-50-48-29-27-25-23-21-19-17-15-13-11-9-7-2/h18,20,24,26,76H,6-17,19,21-23,25,27-75H2,1-5H3/b20-18-,26-24-. The van der Waals surface area contributed by atoms with Crippen LogP contribution in [-0.4, -0.2) is 70.0 Å². The lowest BCUT2D eigenvalue weighted by molar-refractivity contribution is -0.870. The Morgan fingerprint density at radius 2 is 0.614 bits per heavy atom. The maximum atomic E-state index is 12.9. The van der Waals surface area contributed by atoms with Crippen molar-refractivity contribution in [3.63, 3.8) is 0 Å². The first-order chi connectivity index (χ1) is 43.0. The average Bonchev–Trinajstić information content (AvgIpc) is 3.58. The molecule has 0 rings (SSSR count). The van der Waals surface area contributed by atoms with Crippen molar-refractivity contribution in [2.45, 2.75) is 418 Å². The summed E-state index contributed by atoms with van der Waals surface area (Å²) in [5, 5.41) is 0. The SMILES string of the molecule is CCCCCCC/C=C\C/C=C\CCCCCCCCCCCCCCCCCCCCCCCCCCCCCCCC(=O)OC(COC(=O)CCCCCCCCCCCCCCCCCCCCCCCCC)COP(=O)([O-])OCC[N+](C)(C)C. The number of phosphoric ester groups is 1. The van der Waals surface area contributed by atoms with E-state index in [2.05, 4.69) is 38.2 Å². The van der Waals surface area contributed by atoms with Crippen molar-refractivity contribution in [2.75, 3.05) is 47.5 Å². The van der Waals surface area contributed by atoms with Crippen LogP contribution < -0.4 is 4.89 Å². The van der Waals surface area contributed by atoms with Crippen molar-refractivity contribution in [3.05, 3.63) is 24.3 Å². The normalized spacial score (nSPS) is 13.1. The van der Waals surface area contributed by atoms with E-state index in [9.17, 15) is 19.0 Å². The lowest BCUT2D eigenvalue weighted by Crippen LogP contribution is -2.37. The van der Waals surface area contributed by atoms with E-state index in [1.54, 1.807) is 0 Å². The second-order valence-electron chi connectivity index (χ2n) is 28.1. The molecule has 0 saturated heterocycles. The number of nitrogens with zero attached hydrogens (tertiary/aromatic N) is 1. The molecule has 0 radical (unpaired) electrons. The molecular weight excluding hydrogens is 1110 g/mol. The Morgan fingerprint density at radius 1 is 0.352 bits per heavy atom. The minimum absolute atomic E-state index is 0.0259. The van der Waals surface area contributed by atoms with Gasteiger partial charge in [0.15, 0.2) is 6.10 Å². The summed E-state index contributed by atoms with van der Waals surface area (Å²) < 4.78 is 34.4. The molecule has 2 atom stereocenters. The highest BCUT2D eigenvalue weighted by atomic mass is 31.2. The van der Waals surface area contributed by atoms with Gasteiger partial charge in [-0.2, -0.15) is 0 Å². The van der Waals surface area contributed by atoms with E-state index in [0.29, 0.717) is 17.4 Å². The number of hydrogen-bond acceptors (Lipinski definition) is 8. The van der Waals surface area contributed by atoms with Crippen LogP contribution in [0, 0.1) is 0 Å². The Morgan fingerprint density at radius 3 is 0.898 bits per heavy atom. The highest BCUT2D eigenvalue weighted by Gasteiger charge is 2.22. The van der Waals surface area contributed by atoms with Gasteiger partial charge in [-0.25, -0.2) is 0 Å². The summed E-state index contributed by atoms with van der Waals surface area (Å²) in [5.74, 6) is -0.805. The molecule has 0 bridgehead atoms. The molecule has 0 aliphatic rings. The molecule has 0 amide bonds. The van der Waals surface area contributed by atoms with Gasteiger partial charge in [-0.15, -0.1) is 0 Å². The molecule has 0 aliphatic heterocycles. The van der Waals surface area contributed by atoms with Gasteiger partial charge >= 0.3 is 11.9 Å². The van der Waals surface area contributed by atoms with Crippen molar-refractivity contribution in [3.8, 4) is 0 Å². The molecule has 0 heterocycles. The summed E-state index contributed by atoms with van der Waals surface area (Å²) in [7, 11) is 1.19. The maximum absolute atomic E-state index is 12.9. The van der Waals surface area contributed by atoms with Crippen LogP contribution in [0.3, 0.4) is 0 Å². The van der Waals surface area contributed by atoms with Crippen molar-refractivity contribution in [1.29, 1.82) is 0 Å². The Kier molecular flexibility index (Phi) is 68.6. The molecule has 0 aromatic carbocycles. The highest BCUT2D eigenvalue weighted by Crippen LogP contribution is 2.38. The Balaban J connectivity index is 3.86. The quantitative estimate of drug-likeness (QED) is 0.0195. The minimum Gasteiger partial charge on any atom is -0.756 e. The van der Waals surface area contributed by atoms with E-state index in [1.807, 2.05) is 21.1 Å². The van der Waals surface area contributed by atoms with Crippen LogP contribution in [0.25, 0.3) is 0 Å². The number of rotatable bonds is 74. The minimum atomic E-state index is -4.64. The van der Waals surface area contributed by atoms with E-state index in [-0.39, 0.29) is 32.0 Å². The number of allylic oxidation sites excluding steroid dienone is 4. The van der Waals surface area contributed by atoms with E-state index >= 15 is 0 Å². The van der Waals surface area contributed by atoms with Crippen LogP contribution in [0.15, 0.2) is 24.3 Å². The van der Waals surface area contributed by atoms with Gasteiger partial charge in [-0.3, -0.25) is 14.2 Å². The zero-order valence-corrected chi connectivity index (χ0v) is 60.6. The van der Waals surface area contributed by atoms with Crippen molar-refractivity contribution < 1.29 is 42.1 Å². The summed E-state index contributed by atoms with van der Waals surface area (Å²) in [6, 6.07) is 0. The molecule has 0 N–H and O–H groups in total. The summed E-state index contributed by atoms with van der Waals surface area (Å²) >= 11 is 0. The fourth-order valence-electron chi connectivity index (χ4n) is 12.0. The van der Waals surface area contributed by atoms with Gasteiger partial charge in [0, 0.05) is 12.8 Å². The first-order valence-corrected chi connectivity index (χ1v) is 40.5. The van der Waals surface area contributed by atoms with Crippen molar-refractivity contribution >= 4 is 19.8 Å². The van der Waals surface area contributed by atoms with Gasteiger partial charge in [-0.1, -0.05) is 378 Å². The van der Waals surface area contributed by atoms with Crippen LogP contribution >= 0.6 is 7.82 Å². The lowest BCUT2D eigenvalue weighted by atomic mass is 10.0. The molecule has 88 heavy (non-hydrogen) atoms. The zero-order valence-electron chi connectivity index (χ0n) is 59.7. The number of carbonyl (C=O) groups is 2. The molecule has 0 aromatic heterocycles. The third-order valence-electron chi connectivity index (χ3n) is 18.0. The van der Waals surface area contributed by atoms with E-state index in [1.165, 1.54) is 340 Å². The highest BCUT2D eigenvalue weighted by molar-refractivity contribution is 7.45. The van der Waals surface area contributed by atoms with Crippen LogP contribution in [0.1, 0.15) is 412 Å². The average molecular weight is 1260 g/mol. The number of unbranched alkanes of at least 4 members (excludes halogenated alkanes) is 56. The summed E-state index contributed by atoms with van der Waals surface area (Å²) in [5.41, 5.74) is 0. The van der Waals surface area contributed by atoms with Crippen molar-refractivity contribution in [2.24, 2.45) is 0 Å². The third-order valence-corrected chi connectivity index (χ3v) is 18.9. The fourth-order valence-corrected chi connectivity index (χ4v) is 12.7. The number of likely N-dealkylation sites (N-methyl/N-ethyl adjacent to an activating group) is 1. The molecule has 0 fully saturated rings. The largest absolute Gasteiger partial charge is 0.756 e. The predicted octanol–water partition coefficient (Wildman–Crippen LogP) is 25.0. The molecule has 0 aliphatic carbocycles. The van der Waals surface area contributed by atoms with Crippen molar-refractivity contribution in [1.82, 2.24) is 0 Å². The van der Waals surface area contributed by atoms with Crippen LogP contribution in [0.2, 0.25) is 0 Å². The molecule has 2 unspecified atom stereocenters. The predicted molar refractivity (Wildman–Crippen MR) is 379 cm³/mol.